The van der Waals surface area contributed by atoms with E-state index in [0.29, 0.717) is 5.92 Å². The minimum Gasteiger partial charge on any atom is -0.460 e. The van der Waals surface area contributed by atoms with Gasteiger partial charge in [0.05, 0.1) is 11.0 Å². The Balaban J connectivity index is 1.21. The molecule has 0 radical (unpaired) electrons. The van der Waals surface area contributed by atoms with Crippen LogP contribution < -0.4 is 4.74 Å². The summed E-state index contributed by atoms with van der Waals surface area (Å²) < 4.78 is 8.99. The van der Waals surface area contributed by atoms with Crippen LogP contribution in [0.5, 0.6) is 5.75 Å². The van der Waals surface area contributed by atoms with Crippen LogP contribution >= 0.6 is 0 Å². The Morgan fingerprint density at radius 2 is 1.31 bits per heavy atom. The highest BCUT2D eigenvalue weighted by Crippen LogP contribution is 2.47. The molecule has 1 aliphatic carbocycles. The van der Waals surface area contributed by atoms with Crippen molar-refractivity contribution in [1.29, 1.82) is 0 Å². The van der Waals surface area contributed by atoms with Gasteiger partial charge in [0.2, 0.25) is 0 Å². The molecule has 2 heteroatoms. The predicted molar refractivity (Wildman–Crippen MR) is 189 cm³/mol. The lowest BCUT2D eigenvalue weighted by atomic mass is 9.80. The van der Waals surface area contributed by atoms with Crippen molar-refractivity contribution in [2.45, 2.75) is 13.3 Å². The van der Waals surface area contributed by atoms with Gasteiger partial charge in [0.25, 0.3) is 0 Å². The third-order valence-corrected chi connectivity index (χ3v) is 9.97. The third kappa shape index (κ3) is 3.63. The molecule has 10 rings (SSSR count). The summed E-state index contributed by atoms with van der Waals surface area (Å²) >= 11 is 0. The lowest BCUT2D eigenvalue weighted by Gasteiger charge is -2.30. The Bertz CT molecular complexity index is 2610. The average molecular weight is 576 g/mol. The van der Waals surface area contributed by atoms with Gasteiger partial charge in [-0.25, -0.2) is 0 Å². The smallest absolute Gasteiger partial charge is 0.135 e. The highest BCUT2D eigenvalue weighted by Gasteiger charge is 2.29. The number of benzene rings is 7. The van der Waals surface area contributed by atoms with Crippen molar-refractivity contribution < 1.29 is 4.74 Å². The molecular weight excluding hydrogens is 546 g/mol. The van der Waals surface area contributed by atoms with E-state index in [9.17, 15) is 0 Å². The first-order chi connectivity index (χ1) is 22.2. The summed E-state index contributed by atoms with van der Waals surface area (Å²) in [5, 5.41) is 10.0. The van der Waals surface area contributed by atoms with E-state index in [1.165, 1.54) is 82.1 Å². The Hall–Kier alpha value is -5.60. The number of hydrogen-bond acceptors (Lipinski definition) is 1. The van der Waals surface area contributed by atoms with E-state index in [1.807, 2.05) is 0 Å². The Morgan fingerprint density at radius 3 is 2.16 bits per heavy atom. The van der Waals surface area contributed by atoms with E-state index in [4.69, 9.17) is 4.74 Å². The summed E-state index contributed by atoms with van der Waals surface area (Å²) in [6.07, 6.45) is 3.28. The molecule has 8 aromatic rings. The molecule has 0 fully saturated rings. The van der Waals surface area contributed by atoms with E-state index in [-0.39, 0.29) is 0 Å². The molecule has 0 bridgehead atoms. The van der Waals surface area contributed by atoms with Crippen molar-refractivity contribution in [3.63, 3.8) is 0 Å². The first kappa shape index (κ1) is 24.8. The predicted octanol–water partition coefficient (Wildman–Crippen LogP) is 11.5. The van der Waals surface area contributed by atoms with Crippen LogP contribution in [0.2, 0.25) is 0 Å². The number of rotatable bonds is 2. The van der Waals surface area contributed by atoms with Crippen molar-refractivity contribution in [3.05, 3.63) is 156 Å². The van der Waals surface area contributed by atoms with Crippen LogP contribution in [0.25, 0.3) is 71.0 Å². The second kappa shape index (κ2) is 9.20. The van der Waals surface area contributed by atoms with Crippen molar-refractivity contribution in [2.24, 2.45) is 5.92 Å². The second-order valence-corrected chi connectivity index (χ2v) is 12.6. The van der Waals surface area contributed by atoms with Crippen LogP contribution in [0.1, 0.15) is 24.5 Å². The number of ether oxygens (including phenoxy) is 1. The molecule has 0 amide bonds. The van der Waals surface area contributed by atoms with Gasteiger partial charge in [-0.15, -0.1) is 0 Å². The quantitative estimate of drug-likeness (QED) is 0.200. The van der Waals surface area contributed by atoms with Gasteiger partial charge >= 0.3 is 0 Å². The summed E-state index contributed by atoms with van der Waals surface area (Å²) in [6.45, 7) is 2.33. The van der Waals surface area contributed by atoms with Crippen LogP contribution in [-0.2, 0) is 0 Å². The van der Waals surface area contributed by atoms with Crippen LogP contribution in [0, 0.1) is 5.92 Å². The molecule has 0 spiro atoms. The SMILES string of the molecule is CC1CC2=C(C=C1c1ccc3c(c1)c1cc4ccccc4cc1n3-c1ccc3ccccc3c1)c1cccc3cccc(c13)O2. The number of allylic oxidation sites excluding steroid dienone is 4. The maximum absolute atomic E-state index is 6.55. The van der Waals surface area contributed by atoms with E-state index in [0.717, 1.165) is 17.9 Å². The van der Waals surface area contributed by atoms with Crippen LogP contribution in [0.4, 0.5) is 0 Å². The topological polar surface area (TPSA) is 14.2 Å². The highest BCUT2D eigenvalue weighted by atomic mass is 16.5. The lowest BCUT2D eigenvalue weighted by Crippen LogP contribution is -2.14. The summed E-state index contributed by atoms with van der Waals surface area (Å²) in [5.74, 6) is 2.39. The van der Waals surface area contributed by atoms with Gasteiger partial charge in [-0.1, -0.05) is 97.9 Å². The minimum absolute atomic E-state index is 0.334. The second-order valence-electron chi connectivity index (χ2n) is 12.6. The molecular formula is C43H29NO. The monoisotopic (exact) mass is 575 g/mol. The van der Waals surface area contributed by atoms with E-state index in [1.54, 1.807) is 0 Å². The fourth-order valence-electron chi connectivity index (χ4n) is 7.80. The van der Waals surface area contributed by atoms with Gasteiger partial charge in [0.1, 0.15) is 11.5 Å². The molecule has 2 heterocycles. The van der Waals surface area contributed by atoms with Crippen molar-refractivity contribution in [1.82, 2.24) is 4.57 Å². The van der Waals surface area contributed by atoms with E-state index in [2.05, 4.69) is 151 Å². The number of hydrogen-bond donors (Lipinski definition) is 0. The molecule has 1 aliphatic heterocycles. The Kier molecular flexibility index (Phi) is 5.07. The molecule has 0 saturated heterocycles. The molecule has 7 aromatic carbocycles. The van der Waals surface area contributed by atoms with Crippen molar-refractivity contribution >= 4 is 65.3 Å². The van der Waals surface area contributed by atoms with Crippen LogP contribution in [-0.4, -0.2) is 4.57 Å². The van der Waals surface area contributed by atoms with Gasteiger partial charge in [0.15, 0.2) is 0 Å². The van der Waals surface area contributed by atoms with E-state index >= 15 is 0 Å². The van der Waals surface area contributed by atoms with Crippen molar-refractivity contribution in [2.75, 3.05) is 0 Å². The molecule has 45 heavy (non-hydrogen) atoms. The first-order valence-electron chi connectivity index (χ1n) is 15.8. The summed E-state index contributed by atoms with van der Waals surface area (Å²) in [4.78, 5) is 0. The lowest BCUT2D eigenvalue weighted by molar-refractivity contribution is 0.392. The normalized spacial score (nSPS) is 16.0. The van der Waals surface area contributed by atoms with Crippen LogP contribution in [0.15, 0.2) is 145 Å². The maximum Gasteiger partial charge on any atom is 0.135 e. The third-order valence-electron chi connectivity index (χ3n) is 9.97. The fourth-order valence-corrected chi connectivity index (χ4v) is 7.80. The summed E-state index contributed by atoms with van der Waals surface area (Å²) in [7, 11) is 0. The fraction of sp³-hybridized carbons (Fsp3) is 0.0698. The zero-order valence-electron chi connectivity index (χ0n) is 24.9. The maximum atomic E-state index is 6.55. The van der Waals surface area contributed by atoms with Crippen LogP contribution in [0.3, 0.4) is 0 Å². The zero-order valence-corrected chi connectivity index (χ0v) is 24.9. The number of fused-ring (bicyclic) bond motifs is 6. The van der Waals surface area contributed by atoms with Gasteiger partial charge < -0.3 is 9.30 Å². The average Bonchev–Trinajstić information content (AvgIpc) is 3.39. The molecule has 0 saturated carbocycles. The standard InChI is InChI=1S/C43H29NO/c1-26-20-42-38(34-14-6-12-28-13-7-15-41(45-42)43(28)34)25-35(26)32-17-19-39-36(23-32)37-22-30-10-4-5-11-31(30)24-40(37)44(39)33-18-16-27-8-2-3-9-29(27)21-33/h2-19,21-26H,20H2,1H3. The first-order valence-corrected chi connectivity index (χ1v) is 15.8. The van der Waals surface area contributed by atoms with Gasteiger partial charge in [-0.05, 0) is 98.1 Å². The molecule has 1 atom stereocenters. The summed E-state index contributed by atoms with van der Waals surface area (Å²) in [5.41, 5.74) is 8.77. The summed E-state index contributed by atoms with van der Waals surface area (Å²) in [6, 6.07) is 48.9. The number of nitrogens with zero attached hydrogens (tertiary/aromatic N) is 1. The van der Waals surface area contributed by atoms with Gasteiger partial charge in [-0.3, -0.25) is 0 Å². The van der Waals surface area contributed by atoms with Gasteiger partial charge in [-0.2, -0.15) is 0 Å². The van der Waals surface area contributed by atoms with E-state index < -0.39 is 0 Å². The Morgan fingerprint density at radius 1 is 0.600 bits per heavy atom. The number of aromatic nitrogens is 1. The Labute approximate surface area is 261 Å². The highest BCUT2D eigenvalue weighted by molar-refractivity contribution is 6.14. The molecule has 2 nitrogen and oxygen atoms in total. The molecule has 0 N–H and O–H groups in total. The molecule has 2 aliphatic rings. The molecule has 1 aromatic heterocycles. The van der Waals surface area contributed by atoms with Crippen molar-refractivity contribution in [3.8, 4) is 11.4 Å². The van der Waals surface area contributed by atoms with Gasteiger partial charge in [0, 0.05) is 33.8 Å². The zero-order chi connectivity index (χ0) is 29.6. The molecule has 212 valence electrons. The largest absolute Gasteiger partial charge is 0.460 e. The molecule has 1 unspecified atom stereocenters. The minimum atomic E-state index is 0.334.